The van der Waals surface area contributed by atoms with Crippen LogP contribution in [0.5, 0.6) is 11.5 Å². The second-order valence-electron chi connectivity index (χ2n) is 8.14. The molecule has 2 aromatic heterocycles. The SMILES string of the molecule is Oc1c2ccc3nc(-c4ccccc4)sc3c2c(O)c2ccc3nc(-c4ccccc4)sc3c12. The highest BCUT2D eigenvalue weighted by molar-refractivity contribution is 7.23. The summed E-state index contributed by atoms with van der Waals surface area (Å²) < 4.78 is 1.72. The van der Waals surface area contributed by atoms with Gasteiger partial charge in [-0.3, -0.25) is 0 Å². The number of aromatic nitrogens is 2. The third-order valence-electron chi connectivity index (χ3n) is 6.14. The monoisotopic (exact) mass is 476 g/mol. The third-order valence-corrected chi connectivity index (χ3v) is 8.42. The van der Waals surface area contributed by atoms with Crippen molar-refractivity contribution in [3.63, 3.8) is 0 Å². The van der Waals surface area contributed by atoms with E-state index in [0.29, 0.717) is 21.5 Å². The Morgan fingerprint density at radius 1 is 0.500 bits per heavy atom. The van der Waals surface area contributed by atoms with Crippen molar-refractivity contribution in [1.29, 1.82) is 0 Å². The van der Waals surface area contributed by atoms with Crippen LogP contribution in [0, 0.1) is 0 Å². The van der Waals surface area contributed by atoms with Gasteiger partial charge in [0.15, 0.2) is 0 Å². The fourth-order valence-corrected chi connectivity index (χ4v) is 6.76. The van der Waals surface area contributed by atoms with Crippen molar-refractivity contribution in [3.8, 4) is 32.6 Å². The van der Waals surface area contributed by atoms with Gasteiger partial charge in [0.25, 0.3) is 0 Å². The minimum Gasteiger partial charge on any atom is -0.507 e. The van der Waals surface area contributed by atoms with E-state index in [4.69, 9.17) is 9.97 Å². The Kier molecular flexibility index (Phi) is 4.15. The summed E-state index contributed by atoms with van der Waals surface area (Å²) in [4.78, 5) is 9.58. The number of hydrogen-bond donors (Lipinski definition) is 2. The molecule has 0 amide bonds. The van der Waals surface area contributed by atoms with Crippen LogP contribution in [0.15, 0.2) is 84.9 Å². The zero-order valence-corrected chi connectivity index (χ0v) is 19.3. The fourth-order valence-electron chi connectivity index (χ4n) is 4.53. The molecule has 0 unspecified atom stereocenters. The van der Waals surface area contributed by atoms with Gasteiger partial charge >= 0.3 is 0 Å². The van der Waals surface area contributed by atoms with Gasteiger partial charge in [0, 0.05) is 32.7 Å². The summed E-state index contributed by atoms with van der Waals surface area (Å²) in [6.07, 6.45) is 0. The van der Waals surface area contributed by atoms with E-state index in [1.165, 1.54) is 22.7 Å². The molecular formula is C28H16N2O2S2. The van der Waals surface area contributed by atoms with Crippen LogP contribution in [0.4, 0.5) is 0 Å². The molecule has 34 heavy (non-hydrogen) atoms. The molecule has 0 fully saturated rings. The molecular weight excluding hydrogens is 460 g/mol. The van der Waals surface area contributed by atoms with Gasteiger partial charge in [-0.25, -0.2) is 9.97 Å². The Morgan fingerprint density at radius 2 is 0.912 bits per heavy atom. The maximum Gasteiger partial charge on any atom is 0.133 e. The Labute approximate surface area is 202 Å². The summed E-state index contributed by atoms with van der Waals surface area (Å²) in [6, 6.07) is 27.5. The minimum absolute atomic E-state index is 0.160. The maximum absolute atomic E-state index is 11.4. The topological polar surface area (TPSA) is 66.2 Å². The molecule has 6 heteroatoms. The van der Waals surface area contributed by atoms with Crippen LogP contribution in [0.25, 0.3) is 63.1 Å². The molecule has 2 heterocycles. The molecule has 7 aromatic rings. The molecule has 7 rings (SSSR count). The number of hydrogen-bond acceptors (Lipinski definition) is 6. The van der Waals surface area contributed by atoms with E-state index in [0.717, 1.165) is 41.6 Å². The number of benzene rings is 5. The maximum atomic E-state index is 11.4. The summed E-state index contributed by atoms with van der Waals surface area (Å²) in [5, 5.41) is 27.2. The third kappa shape index (κ3) is 2.76. The predicted molar refractivity (Wildman–Crippen MR) is 142 cm³/mol. The molecule has 0 spiro atoms. The minimum atomic E-state index is 0.160. The van der Waals surface area contributed by atoms with Gasteiger partial charge in [-0.2, -0.15) is 0 Å². The first-order chi connectivity index (χ1) is 16.7. The van der Waals surface area contributed by atoms with E-state index in [1.807, 2.05) is 84.9 Å². The second kappa shape index (κ2) is 7.25. The highest BCUT2D eigenvalue weighted by Gasteiger charge is 2.21. The van der Waals surface area contributed by atoms with Gasteiger partial charge in [0.2, 0.25) is 0 Å². The molecule has 0 saturated carbocycles. The lowest BCUT2D eigenvalue weighted by Crippen LogP contribution is -1.83. The summed E-state index contributed by atoms with van der Waals surface area (Å²) in [5.74, 6) is 0.321. The highest BCUT2D eigenvalue weighted by atomic mass is 32.1. The quantitative estimate of drug-likeness (QED) is 0.196. The number of thiazole rings is 2. The average molecular weight is 477 g/mol. The Bertz CT molecular complexity index is 1730. The summed E-state index contributed by atoms with van der Waals surface area (Å²) >= 11 is 3.05. The van der Waals surface area contributed by atoms with Gasteiger partial charge in [0.05, 0.1) is 20.4 Å². The lowest BCUT2D eigenvalue weighted by atomic mass is 10.00. The molecule has 0 bridgehead atoms. The van der Waals surface area contributed by atoms with E-state index in [2.05, 4.69) is 0 Å². The largest absolute Gasteiger partial charge is 0.507 e. The molecule has 2 N–H and O–H groups in total. The van der Waals surface area contributed by atoms with Crippen LogP contribution in [0.2, 0.25) is 0 Å². The molecule has 5 aromatic carbocycles. The first-order valence-corrected chi connectivity index (χ1v) is 12.4. The fraction of sp³-hybridized carbons (Fsp3) is 0. The second-order valence-corrected chi connectivity index (χ2v) is 10.1. The summed E-state index contributed by atoms with van der Waals surface area (Å²) in [7, 11) is 0. The number of nitrogens with zero attached hydrogens (tertiary/aromatic N) is 2. The van der Waals surface area contributed by atoms with Crippen molar-refractivity contribution < 1.29 is 10.2 Å². The van der Waals surface area contributed by atoms with Crippen molar-refractivity contribution >= 4 is 64.7 Å². The molecule has 0 atom stereocenters. The predicted octanol–water partition coefficient (Wildman–Crippen LogP) is 7.96. The van der Waals surface area contributed by atoms with Crippen molar-refractivity contribution in [2.24, 2.45) is 0 Å². The molecule has 4 nitrogen and oxygen atoms in total. The van der Waals surface area contributed by atoms with Crippen LogP contribution in [0.3, 0.4) is 0 Å². The van der Waals surface area contributed by atoms with Crippen LogP contribution < -0.4 is 0 Å². The van der Waals surface area contributed by atoms with Crippen LogP contribution in [-0.2, 0) is 0 Å². The van der Waals surface area contributed by atoms with Gasteiger partial charge in [-0.1, -0.05) is 60.7 Å². The Morgan fingerprint density at radius 3 is 1.32 bits per heavy atom. The van der Waals surface area contributed by atoms with Crippen LogP contribution >= 0.6 is 22.7 Å². The van der Waals surface area contributed by atoms with Gasteiger partial charge in [-0.15, -0.1) is 22.7 Å². The number of fused-ring (bicyclic) bond motifs is 6. The lowest BCUT2D eigenvalue weighted by molar-refractivity contribution is 0.479. The molecule has 0 aliphatic heterocycles. The summed E-state index contributed by atoms with van der Waals surface area (Å²) in [6.45, 7) is 0. The normalized spacial score (nSPS) is 11.8. The standard InChI is InChI=1S/C28H16N2O2S2/c31-23-18-12-14-20-26(34-28(30-20)16-9-5-2-6-10-16)22(18)24(32)17-11-13-19-25(21(17)23)33-27(29-19)15-7-3-1-4-8-15/h1-14,31-32H. The van der Waals surface area contributed by atoms with Gasteiger partial charge in [-0.05, 0) is 24.3 Å². The van der Waals surface area contributed by atoms with E-state index in [-0.39, 0.29) is 11.5 Å². The van der Waals surface area contributed by atoms with Gasteiger partial charge < -0.3 is 10.2 Å². The Hall–Kier alpha value is -4.00. The lowest BCUT2D eigenvalue weighted by Gasteiger charge is -2.10. The van der Waals surface area contributed by atoms with Crippen LogP contribution in [-0.4, -0.2) is 20.2 Å². The average Bonchev–Trinajstić information content (AvgIpc) is 3.52. The molecule has 162 valence electrons. The molecule has 0 saturated heterocycles. The molecule has 0 radical (unpaired) electrons. The van der Waals surface area contributed by atoms with E-state index in [1.54, 1.807) is 0 Å². The van der Waals surface area contributed by atoms with Crippen LogP contribution in [0.1, 0.15) is 0 Å². The van der Waals surface area contributed by atoms with E-state index in [9.17, 15) is 10.2 Å². The first-order valence-electron chi connectivity index (χ1n) is 10.8. The summed E-state index contributed by atoms with van der Waals surface area (Å²) in [5.41, 5.74) is 3.66. The first kappa shape index (κ1) is 19.5. The zero-order chi connectivity index (χ0) is 22.8. The van der Waals surface area contributed by atoms with E-state index >= 15 is 0 Å². The van der Waals surface area contributed by atoms with Crippen molar-refractivity contribution in [2.75, 3.05) is 0 Å². The smallest absolute Gasteiger partial charge is 0.133 e. The van der Waals surface area contributed by atoms with Crippen molar-refractivity contribution in [2.45, 2.75) is 0 Å². The van der Waals surface area contributed by atoms with Gasteiger partial charge in [0.1, 0.15) is 21.5 Å². The van der Waals surface area contributed by atoms with E-state index < -0.39 is 0 Å². The highest BCUT2D eigenvalue weighted by Crippen LogP contribution is 2.49. The van der Waals surface area contributed by atoms with Crippen molar-refractivity contribution in [1.82, 2.24) is 9.97 Å². The number of aromatic hydroxyl groups is 2. The molecule has 0 aliphatic rings. The van der Waals surface area contributed by atoms with Crippen molar-refractivity contribution in [3.05, 3.63) is 84.9 Å². The number of phenolic OH excluding ortho intramolecular Hbond substituents is 2. The number of rotatable bonds is 2. The Balaban J connectivity index is 1.54. The zero-order valence-electron chi connectivity index (χ0n) is 17.7. The molecule has 0 aliphatic carbocycles. The number of phenols is 2.